The van der Waals surface area contributed by atoms with E-state index in [1.54, 1.807) is 0 Å². The van der Waals surface area contributed by atoms with Gasteiger partial charge in [-0.15, -0.1) is 0 Å². The largest absolute Gasteiger partial charge is 0.481 e. The van der Waals surface area contributed by atoms with Crippen molar-refractivity contribution < 1.29 is 14.6 Å². The van der Waals surface area contributed by atoms with Crippen molar-refractivity contribution in [3.63, 3.8) is 0 Å². The second kappa shape index (κ2) is 5.19. The van der Waals surface area contributed by atoms with E-state index in [1.165, 1.54) is 12.8 Å². The van der Waals surface area contributed by atoms with E-state index in [0.29, 0.717) is 13.2 Å². The fraction of sp³-hybridized carbons (Fsp3) is 0.889. The summed E-state index contributed by atoms with van der Waals surface area (Å²) in [7, 11) is 2.08. The van der Waals surface area contributed by atoms with Crippen LogP contribution < -0.4 is 0 Å². The first-order valence-corrected chi connectivity index (χ1v) is 4.70. The van der Waals surface area contributed by atoms with Gasteiger partial charge in [-0.05, 0) is 19.9 Å². The summed E-state index contributed by atoms with van der Waals surface area (Å²) in [5, 5.41) is 8.33. The van der Waals surface area contributed by atoms with Crippen molar-refractivity contribution in [2.75, 3.05) is 26.8 Å². The monoisotopic (exact) mass is 187 g/mol. The first-order chi connectivity index (χ1) is 6.20. The van der Waals surface area contributed by atoms with Crippen LogP contribution in [0.2, 0.25) is 0 Å². The molecule has 0 unspecified atom stereocenters. The molecule has 13 heavy (non-hydrogen) atoms. The minimum Gasteiger partial charge on any atom is -0.481 e. The van der Waals surface area contributed by atoms with Crippen molar-refractivity contribution in [1.82, 2.24) is 4.90 Å². The van der Waals surface area contributed by atoms with E-state index in [1.807, 2.05) is 0 Å². The molecule has 0 bridgehead atoms. The summed E-state index contributed by atoms with van der Waals surface area (Å²) in [5.74, 6) is -0.796. The SMILES string of the molecule is CN(CCOCCC(=O)O)C1CC1. The molecule has 1 fully saturated rings. The Bertz CT molecular complexity index is 168. The fourth-order valence-electron chi connectivity index (χ4n) is 1.17. The summed E-state index contributed by atoms with van der Waals surface area (Å²) in [6.07, 6.45) is 2.70. The number of carboxylic acids is 1. The van der Waals surface area contributed by atoms with Crippen LogP contribution in [0.1, 0.15) is 19.3 Å². The molecule has 1 saturated carbocycles. The molecule has 0 aromatic heterocycles. The van der Waals surface area contributed by atoms with Crippen LogP contribution in [0.5, 0.6) is 0 Å². The van der Waals surface area contributed by atoms with E-state index in [9.17, 15) is 4.79 Å². The summed E-state index contributed by atoms with van der Waals surface area (Å²) in [6.45, 7) is 1.87. The van der Waals surface area contributed by atoms with Gasteiger partial charge in [-0.3, -0.25) is 4.79 Å². The Morgan fingerprint density at radius 1 is 1.54 bits per heavy atom. The maximum atomic E-state index is 10.1. The average molecular weight is 187 g/mol. The number of hydrogen-bond acceptors (Lipinski definition) is 3. The van der Waals surface area contributed by atoms with Crippen molar-refractivity contribution >= 4 is 5.97 Å². The molecular weight excluding hydrogens is 170 g/mol. The first kappa shape index (κ1) is 10.5. The fourth-order valence-corrected chi connectivity index (χ4v) is 1.17. The lowest BCUT2D eigenvalue weighted by Crippen LogP contribution is -2.25. The van der Waals surface area contributed by atoms with Crippen molar-refractivity contribution in [3.05, 3.63) is 0 Å². The number of nitrogens with zero attached hydrogens (tertiary/aromatic N) is 1. The van der Waals surface area contributed by atoms with Gasteiger partial charge in [0.05, 0.1) is 19.6 Å². The number of hydrogen-bond donors (Lipinski definition) is 1. The van der Waals surface area contributed by atoms with Gasteiger partial charge in [-0.2, -0.15) is 0 Å². The van der Waals surface area contributed by atoms with E-state index in [2.05, 4.69) is 11.9 Å². The molecule has 4 nitrogen and oxygen atoms in total. The lowest BCUT2D eigenvalue weighted by Gasteiger charge is -2.14. The topological polar surface area (TPSA) is 49.8 Å². The number of carboxylic acid groups (broad SMARTS) is 1. The van der Waals surface area contributed by atoms with Crippen LogP contribution in [-0.4, -0.2) is 48.8 Å². The summed E-state index contributed by atoms with van der Waals surface area (Å²) in [4.78, 5) is 12.4. The highest BCUT2D eigenvalue weighted by molar-refractivity contribution is 5.66. The van der Waals surface area contributed by atoms with Crippen LogP contribution in [-0.2, 0) is 9.53 Å². The standard InChI is InChI=1S/C9H17NO3/c1-10(8-2-3-8)5-7-13-6-4-9(11)12/h8H,2-7H2,1H3,(H,11,12). The third-order valence-electron chi connectivity index (χ3n) is 2.22. The molecule has 76 valence electrons. The highest BCUT2D eigenvalue weighted by Crippen LogP contribution is 2.24. The molecule has 0 aromatic carbocycles. The highest BCUT2D eigenvalue weighted by atomic mass is 16.5. The van der Waals surface area contributed by atoms with E-state index in [-0.39, 0.29) is 6.42 Å². The molecule has 0 aromatic rings. The first-order valence-electron chi connectivity index (χ1n) is 4.70. The minimum atomic E-state index is -0.796. The lowest BCUT2D eigenvalue weighted by atomic mass is 10.5. The molecular formula is C9H17NO3. The summed E-state index contributed by atoms with van der Waals surface area (Å²) in [5.41, 5.74) is 0. The molecule has 4 heteroatoms. The van der Waals surface area contributed by atoms with Gasteiger partial charge in [0.2, 0.25) is 0 Å². The van der Waals surface area contributed by atoms with Crippen LogP contribution in [0.3, 0.4) is 0 Å². The van der Waals surface area contributed by atoms with Gasteiger partial charge in [0.15, 0.2) is 0 Å². The van der Waals surface area contributed by atoms with Gasteiger partial charge >= 0.3 is 5.97 Å². The molecule has 1 rings (SSSR count). The van der Waals surface area contributed by atoms with Gasteiger partial charge in [0, 0.05) is 12.6 Å². The molecule has 0 spiro atoms. The van der Waals surface area contributed by atoms with Crippen LogP contribution in [0.15, 0.2) is 0 Å². The normalized spacial score (nSPS) is 16.5. The number of aliphatic carboxylic acids is 1. The smallest absolute Gasteiger partial charge is 0.305 e. The van der Waals surface area contributed by atoms with Crippen molar-refractivity contribution in [3.8, 4) is 0 Å². The van der Waals surface area contributed by atoms with E-state index in [0.717, 1.165) is 12.6 Å². The molecule has 1 aliphatic carbocycles. The summed E-state index contributed by atoms with van der Waals surface area (Å²) >= 11 is 0. The predicted octanol–water partition coefficient (Wildman–Crippen LogP) is 0.572. The molecule has 1 N–H and O–H groups in total. The number of rotatable bonds is 7. The molecule has 0 amide bonds. The van der Waals surface area contributed by atoms with Crippen LogP contribution >= 0.6 is 0 Å². The Morgan fingerprint density at radius 3 is 2.77 bits per heavy atom. The predicted molar refractivity (Wildman–Crippen MR) is 48.7 cm³/mol. The zero-order valence-corrected chi connectivity index (χ0v) is 8.03. The Balaban J connectivity index is 1.85. The number of carbonyl (C=O) groups is 1. The molecule has 0 atom stereocenters. The number of ether oxygens (including phenoxy) is 1. The maximum Gasteiger partial charge on any atom is 0.305 e. The van der Waals surface area contributed by atoms with Crippen LogP contribution in [0, 0.1) is 0 Å². The van der Waals surface area contributed by atoms with Crippen LogP contribution in [0.25, 0.3) is 0 Å². The second-order valence-corrected chi connectivity index (χ2v) is 3.47. The van der Waals surface area contributed by atoms with Gasteiger partial charge in [0.25, 0.3) is 0 Å². The van der Waals surface area contributed by atoms with Gasteiger partial charge in [-0.1, -0.05) is 0 Å². The Labute approximate surface area is 78.5 Å². The van der Waals surface area contributed by atoms with Crippen molar-refractivity contribution in [2.24, 2.45) is 0 Å². The van der Waals surface area contributed by atoms with Gasteiger partial charge in [-0.25, -0.2) is 0 Å². The molecule has 0 radical (unpaired) electrons. The molecule has 0 heterocycles. The summed E-state index contributed by atoms with van der Waals surface area (Å²) < 4.78 is 5.17. The van der Waals surface area contributed by atoms with Crippen LogP contribution in [0.4, 0.5) is 0 Å². The third kappa shape index (κ3) is 4.85. The minimum absolute atomic E-state index is 0.104. The van der Waals surface area contributed by atoms with E-state index in [4.69, 9.17) is 9.84 Å². The van der Waals surface area contributed by atoms with Gasteiger partial charge < -0.3 is 14.7 Å². The Hall–Kier alpha value is -0.610. The Morgan fingerprint density at radius 2 is 2.23 bits per heavy atom. The maximum absolute atomic E-state index is 10.1. The zero-order valence-electron chi connectivity index (χ0n) is 8.03. The number of likely N-dealkylation sites (N-methyl/N-ethyl adjacent to an activating group) is 1. The van der Waals surface area contributed by atoms with Crippen molar-refractivity contribution in [1.29, 1.82) is 0 Å². The average Bonchev–Trinajstić information content (AvgIpc) is 2.85. The second-order valence-electron chi connectivity index (χ2n) is 3.47. The third-order valence-corrected chi connectivity index (χ3v) is 2.22. The van der Waals surface area contributed by atoms with E-state index < -0.39 is 5.97 Å². The lowest BCUT2D eigenvalue weighted by molar-refractivity contribution is -0.138. The quantitative estimate of drug-likeness (QED) is 0.592. The highest BCUT2D eigenvalue weighted by Gasteiger charge is 2.25. The molecule has 0 saturated heterocycles. The molecule has 1 aliphatic rings. The Kier molecular flexibility index (Phi) is 4.18. The van der Waals surface area contributed by atoms with Crippen molar-refractivity contribution in [2.45, 2.75) is 25.3 Å². The van der Waals surface area contributed by atoms with E-state index >= 15 is 0 Å². The van der Waals surface area contributed by atoms with Gasteiger partial charge in [0.1, 0.15) is 0 Å². The summed E-state index contributed by atoms with van der Waals surface area (Å²) in [6, 6.07) is 0.753. The molecule has 0 aliphatic heterocycles. The zero-order chi connectivity index (χ0) is 9.68.